The summed E-state index contributed by atoms with van der Waals surface area (Å²) in [7, 11) is 0. The Hall–Kier alpha value is -1.85. The average molecular weight is 398 g/mol. The second-order valence-corrected chi connectivity index (χ2v) is 8.96. The molecule has 0 saturated carbocycles. The smallest absolute Gasteiger partial charge is 0.119 e. The molecule has 4 rings (SSSR count). The Bertz CT molecular complexity index is 779. The van der Waals surface area contributed by atoms with Crippen LogP contribution in [-0.2, 0) is 10.2 Å². The highest BCUT2D eigenvalue weighted by Crippen LogP contribution is 2.40. The summed E-state index contributed by atoms with van der Waals surface area (Å²) in [6.45, 7) is 12.5. The van der Waals surface area contributed by atoms with Gasteiger partial charge in [-0.2, -0.15) is 0 Å². The molecule has 2 fully saturated rings. The number of likely N-dealkylation sites (tertiary alicyclic amines) is 1. The number of nitrogens with zero attached hydrogens (tertiary/aromatic N) is 2. The number of hydrogen-bond donors (Lipinski definition) is 1. The predicted molar refractivity (Wildman–Crippen MR) is 116 cm³/mol. The van der Waals surface area contributed by atoms with Gasteiger partial charge in [0.1, 0.15) is 17.7 Å². The van der Waals surface area contributed by atoms with Crippen LogP contribution in [0.25, 0.3) is 0 Å². The van der Waals surface area contributed by atoms with E-state index in [1.54, 1.807) is 0 Å². The van der Waals surface area contributed by atoms with Gasteiger partial charge in [-0.25, -0.2) is 4.98 Å². The topological polar surface area (TPSA) is 50.4 Å². The minimum atomic E-state index is -0.0988. The molecule has 0 spiro atoms. The lowest BCUT2D eigenvalue weighted by atomic mass is 9.73. The van der Waals surface area contributed by atoms with Gasteiger partial charge in [-0.05, 0) is 71.1 Å². The third-order valence-corrected chi connectivity index (χ3v) is 6.84. The Morgan fingerprint density at radius 1 is 1.10 bits per heavy atom. The van der Waals surface area contributed by atoms with Crippen molar-refractivity contribution < 1.29 is 9.47 Å². The summed E-state index contributed by atoms with van der Waals surface area (Å²) in [5.74, 6) is 2.05. The van der Waals surface area contributed by atoms with Gasteiger partial charge in [0, 0.05) is 38.0 Å². The van der Waals surface area contributed by atoms with E-state index in [-0.39, 0.29) is 5.41 Å². The maximum Gasteiger partial charge on any atom is 0.119 e. The van der Waals surface area contributed by atoms with Crippen molar-refractivity contribution in [2.75, 3.05) is 26.3 Å². The summed E-state index contributed by atoms with van der Waals surface area (Å²) in [4.78, 5) is 10.9. The molecule has 0 bridgehead atoms. The van der Waals surface area contributed by atoms with Crippen LogP contribution < -0.4 is 4.74 Å². The van der Waals surface area contributed by atoms with Crippen LogP contribution in [0.3, 0.4) is 0 Å². The zero-order valence-corrected chi connectivity index (χ0v) is 18.3. The Balaban J connectivity index is 1.49. The number of imidazole rings is 1. The minimum Gasteiger partial charge on any atom is -0.490 e. The fraction of sp³-hybridized carbons (Fsp3) is 0.625. The van der Waals surface area contributed by atoms with Gasteiger partial charge in [0.2, 0.25) is 0 Å². The number of aryl methyl sites for hydroxylation is 2. The zero-order valence-electron chi connectivity index (χ0n) is 18.3. The van der Waals surface area contributed by atoms with E-state index in [0.29, 0.717) is 12.1 Å². The van der Waals surface area contributed by atoms with Crippen LogP contribution in [-0.4, -0.2) is 53.3 Å². The van der Waals surface area contributed by atoms with Crippen molar-refractivity contribution in [3.63, 3.8) is 0 Å². The highest BCUT2D eigenvalue weighted by Gasteiger charge is 2.39. The van der Waals surface area contributed by atoms with Gasteiger partial charge in [-0.1, -0.05) is 12.1 Å². The van der Waals surface area contributed by atoms with Crippen molar-refractivity contribution >= 4 is 0 Å². The number of piperidine rings is 1. The molecule has 2 aliphatic rings. The molecule has 1 aromatic heterocycles. The number of rotatable bonds is 5. The van der Waals surface area contributed by atoms with Gasteiger partial charge in [-0.3, -0.25) is 0 Å². The zero-order chi connectivity index (χ0) is 20.4. The molecule has 5 nitrogen and oxygen atoms in total. The maximum atomic E-state index is 6.31. The van der Waals surface area contributed by atoms with E-state index >= 15 is 0 Å². The monoisotopic (exact) mass is 397 g/mol. The summed E-state index contributed by atoms with van der Waals surface area (Å²) < 4.78 is 12.0. The van der Waals surface area contributed by atoms with E-state index in [0.717, 1.165) is 74.9 Å². The normalized spacial score (nSPS) is 20.9. The molecule has 1 N–H and O–H groups in total. The van der Waals surface area contributed by atoms with Crippen LogP contribution in [0.1, 0.15) is 62.3 Å². The molecule has 0 aliphatic carbocycles. The number of benzene rings is 1. The fourth-order valence-electron chi connectivity index (χ4n) is 4.71. The highest BCUT2D eigenvalue weighted by molar-refractivity contribution is 5.38. The predicted octanol–water partition coefficient (Wildman–Crippen LogP) is 4.37. The molecule has 2 aromatic rings. The average Bonchev–Trinajstić information content (AvgIpc) is 3.08. The first-order valence-corrected chi connectivity index (χ1v) is 11.1. The molecule has 5 heteroatoms. The Kier molecular flexibility index (Phi) is 5.98. The first-order chi connectivity index (χ1) is 14.0. The number of aromatic amines is 1. The first-order valence-electron chi connectivity index (χ1n) is 11.1. The second kappa shape index (κ2) is 8.49. The van der Waals surface area contributed by atoms with Crippen molar-refractivity contribution in [1.82, 2.24) is 14.9 Å². The van der Waals surface area contributed by atoms with Crippen molar-refractivity contribution in [3.8, 4) is 5.75 Å². The summed E-state index contributed by atoms with van der Waals surface area (Å²) in [6, 6.07) is 9.38. The van der Waals surface area contributed by atoms with Crippen LogP contribution in [0.4, 0.5) is 0 Å². The molecular weight excluding hydrogens is 362 g/mol. The van der Waals surface area contributed by atoms with Gasteiger partial charge < -0.3 is 19.4 Å². The fourth-order valence-corrected chi connectivity index (χ4v) is 4.71. The molecule has 0 radical (unpaired) electrons. The van der Waals surface area contributed by atoms with Crippen molar-refractivity contribution in [2.45, 2.75) is 70.9 Å². The number of ether oxygens (including phenoxy) is 2. The lowest BCUT2D eigenvalue weighted by Gasteiger charge is -2.36. The standard InChI is InChI=1S/C24H35N3O2/c1-17(2)27-13-9-22(10-14-27)29-21-7-5-20(6-8-21)24(11-15-28-16-12-24)23-25-18(3)19(4)26-23/h5-8,17,22H,9-16H2,1-4H3,(H,25,26). The molecular formula is C24H35N3O2. The van der Waals surface area contributed by atoms with Crippen LogP contribution >= 0.6 is 0 Å². The van der Waals surface area contributed by atoms with Gasteiger partial charge in [0.25, 0.3) is 0 Å². The van der Waals surface area contributed by atoms with Crippen molar-refractivity contribution in [3.05, 3.63) is 47.0 Å². The molecule has 3 heterocycles. The van der Waals surface area contributed by atoms with Crippen molar-refractivity contribution in [2.24, 2.45) is 0 Å². The number of aromatic nitrogens is 2. The van der Waals surface area contributed by atoms with E-state index in [1.165, 1.54) is 5.56 Å². The van der Waals surface area contributed by atoms with Crippen molar-refractivity contribution in [1.29, 1.82) is 0 Å². The van der Waals surface area contributed by atoms with E-state index in [1.807, 2.05) is 0 Å². The number of H-pyrrole nitrogens is 1. The molecule has 158 valence electrons. The van der Waals surface area contributed by atoms with Gasteiger partial charge in [0.05, 0.1) is 11.1 Å². The summed E-state index contributed by atoms with van der Waals surface area (Å²) in [6.07, 6.45) is 4.43. The SMILES string of the molecule is Cc1nc(C2(c3ccc(OC4CCN(C(C)C)CC4)cc3)CCOCC2)[nH]c1C. The quantitative estimate of drug-likeness (QED) is 0.814. The molecule has 0 unspecified atom stereocenters. The Morgan fingerprint density at radius 3 is 2.31 bits per heavy atom. The maximum absolute atomic E-state index is 6.31. The number of hydrogen-bond acceptors (Lipinski definition) is 4. The molecule has 2 saturated heterocycles. The number of nitrogens with one attached hydrogen (secondary N) is 1. The Morgan fingerprint density at radius 2 is 1.76 bits per heavy atom. The molecule has 29 heavy (non-hydrogen) atoms. The Labute approximate surface area is 174 Å². The van der Waals surface area contributed by atoms with E-state index in [4.69, 9.17) is 14.5 Å². The van der Waals surface area contributed by atoms with Crippen LogP contribution in [0.2, 0.25) is 0 Å². The molecule has 0 atom stereocenters. The highest BCUT2D eigenvalue weighted by atomic mass is 16.5. The van der Waals surface area contributed by atoms with Crippen LogP contribution in [0.5, 0.6) is 5.75 Å². The first kappa shape index (κ1) is 20.4. The van der Waals surface area contributed by atoms with E-state index < -0.39 is 0 Å². The van der Waals surface area contributed by atoms with Crippen LogP contribution in [0, 0.1) is 13.8 Å². The molecule has 0 amide bonds. The third kappa shape index (κ3) is 4.22. The van der Waals surface area contributed by atoms with Gasteiger partial charge in [0.15, 0.2) is 0 Å². The second-order valence-electron chi connectivity index (χ2n) is 8.96. The van der Waals surface area contributed by atoms with E-state index in [2.05, 4.69) is 61.8 Å². The van der Waals surface area contributed by atoms with Gasteiger partial charge in [-0.15, -0.1) is 0 Å². The summed E-state index contributed by atoms with van der Waals surface area (Å²) >= 11 is 0. The van der Waals surface area contributed by atoms with Gasteiger partial charge >= 0.3 is 0 Å². The lowest BCUT2D eigenvalue weighted by molar-refractivity contribution is 0.0606. The lowest BCUT2D eigenvalue weighted by Crippen LogP contribution is -2.41. The van der Waals surface area contributed by atoms with E-state index in [9.17, 15) is 0 Å². The largest absolute Gasteiger partial charge is 0.490 e. The molecule has 1 aromatic carbocycles. The minimum absolute atomic E-state index is 0.0988. The summed E-state index contributed by atoms with van der Waals surface area (Å²) in [5, 5.41) is 0. The third-order valence-electron chi connectivity index (χ3n) is 6.84. The van der Waals surface area contributed by atoms with Crippen LogP contribution in [0.15, 0.2) is 24.3 Å². The molecule has 2 aliphatic heterocycles. The summed E-state index contributed by atoms with van der Waals surface area (Å²) in [5.41, 5.74) is 3.44.